The third kappa shape index (κ3) is 3.80. The summed E-state index contributed by atoms with van der Waals surface area (Å²) in [5.41, 5.74) is 4.55. The minimum atomic E-state index is -0.606. The lowest BCUT2D eigenvalue weighted by Crippen LogP contribution is -2.45. The van der Waals surface area contributed by atoms with E-state index < -0.39 is 23.1 Å². The molecule has 0 bridgehead atoms. The number of rotatable bonds is 4. The number of hydrogen-bond donors (Lipinski definition) is 2. The van der Waals surface area contributed by atoms with Crippen molar-refractivity contribution < 1.29 is 9.59 Å². The largest absolute Gasteiger partial charge is 0.331 e. The maximum absolute atomic E-state index is 12.0. The topological polar surface area (TPSA) is 102 Å². The second-order valence-corrected chi connectivity index (χ2v) is 6.33. The Labute approximate surface area is 141 Å². The molecular formula is C15H18N4O4S. The maximum atomic E-state index is 12.0. The number of carbonyl (C=O) groups is 2. The molecule has 2 heterocycles. The van der Waals surface area contributed by atoms with Gasteiger partial charge in [0, 0.05) is 24.2 Å². The molecule has 2 amide bonds. The Bertz CT molecular complexity index is 894. The average Bonchev–Trinajstić information content (AvgIpc) is 2.94. The predicted molar refractivity (Wildman–Crippen MR) is 90.0 cm³/mol. The molecule has 0 saturated heterocycles. The van der Waals surface area contributed by atoms with Crippen LogP contribution in [0.15, 0.2) is 27.9 Å². The van der Waals surface area contributed by atoms with Crippen LogP contribution in [0.4, 0.5) is 0 Å². The van der Waals surface area contributed by atoms with Gasteiger partial charge in [0.1, 0.15) is 6.54 Å². The van der Waals surface area contributed by atoms with E-state index in [9.17, 15) is 19.2 Å². The smallest absolute Gasteiger partial charge is 0.291 e. The van der Waals surface area contributed by atoms with Gasteiger partial charge in [-0.25, -0.2) is 4.79 Å². The van der Waals surface area contributed by atoms with Crippen molar-refractivity contribution in [2.75, 3.05) is 0 Å². The molecule has 2 rings (SSSR count). The minimum absolute atomic E-state index is 0.309. The molecule has 0 saturated carbocycles. The van der Waals surface area contributed by atoms with Crippen molar-refractivity contribution in [2.45, 2.75) is 26.8 Å². The summed E-state index contributed by atoms with van der Waals surface area (Å²) in [6, 6.07) is 2.95. The first-order chi connectivity index (χ1) is 11.3. The number of nitrogens with zero attached hydrogens (tertiary/aromatic N) is 2. The molecular weight excluding hydrogens is 332 g/mol. The molecule has 9 heteroatoms. The monoisotopic (exact) mass is 350 g/mol. The highest BCUT2D eigenvalue weighted by Crippen LogP contribution is 2.21. The Morgan fingerprint density at radius 3 is 2.58 bits per heavy atom. The lowest BCUT2D eigenvalue weighted by Gasteiger charge is -2.08. The SMILES string of the molecule is CCc1sc(C(=O)NNC(=O)Cn2ccc(=O)n(C)c2=O)cc1C. The third-order valence-corrected chi connectivity index (χ3v) is 4.84. The molecule has 0 unspecified atom stereocenters. The summed E-state index contributed by atoms with van der Waals surface area (Å²) in [6.45, 7) is 3.63. The zero-order valence-corrected chi connectivity index (χ0v) is 14.4. The van der Waals surface area contributed by atoms with Crippen LogP contribution < -0.4 is 22.1 Å². The number of thiophene rings is 1. The van der Waals surface area contributed by atoms with Crippen LogP contribution in [0.2, 0.25) is 0 Å². The van der Waals surface area contributed by atoms with Crippen LogP contribution in [0.25, 0.3) is 0 Å². The summed E-state index contributed by atoms with van der Waals surface area (Å²) in [7, 11) is 1.32. The standard InChI is InChI=1S/C15H18N4O4S/c1-4-10-9(2)7-11(24-10)14(22)17-16-12(20)8-19-6-5-13(21)18(3)15(19)23/h5-7H,4,8H2,1-3H3,(H,16,20)(H,17,22). The normalized spacial score (nSPS) is 10.5. The second kappa shape index (κ2) is 7.26. The number of aryl methyl sites for hydroxylation is 2. The molecule has 8 nitrogen and oxygen atoms in total. The number of amides is 2. The molecule has 128 valence electrons. The van der Waals surface area contributed by atoms with Crippen molar-refractivity contribution in [1.82, 2.24) is 20.0 Å². The summed E-state index contributed by atoms with van der Waals surface area (Å²) in [6.07, 6.45) is 2.08. The van der Waals surface area contributed by atoms with Gasteiger partial charge in [-0.2, -0.15) is 0 Å². The van der Waals surface area contributed by atoms with Crippen molar-refractivity contribution in [2.24, 2.45) is 7.05 Å². The van der Waals surface area contributed by atoms with E-state index in [1.54, 1.807) is 6.07 Å². The minimum Gasteiger partial charge on any atom is -0.291 e. The quantitative estimate of drug-likeness (QED) is 0.754. The Kier molecular flexibility index (Phi) is 5.35. The van der Waals surface area contributed by atoms with Crippen molar-refractivity contribution in [3.8, 4) is 0 Å². The number of nitrogens with one attached hydrogen (secondary N) is 2. The molecule has 0 aliphatic rings. The van der Waals surface area contributed by atoms with E-state index in [0.29, 0.717) is 4.88 Å². The van der Waals surface area contributed by atoms with E-state index in [0.717, 1.165) is 26.0 Å². The molecule has 0 radical (unpaired) electrons. The van der Waals surface area contributed by atoms with Crippen LogP contribution in [-0.4, -0.2) is 20.9 Å². The van der Waals surface area contributed by atoms with Gasteiger partial charge in [-0.15, -0.1) is 11.3 Å². The van der Waals surface area contributed by atoms with Crippen LogP contribution in [0, 0.1) is 6.92 Å². The zero-order valence-electron chi connectivity index (χ0n) is 13.6. The number of hydrazine groups is 1. The van der Waals surface area contributed by atoms with Gasteiger partial charge in [0.05, 0.1) is 4.88 Å². The molecule has 0 fully saturated rings. The van der Waals surface area contributed by atoms with Crippen molar-refractivity contribution in [1.29, 1.82) is 0 Å². The predicted octanol–water partition coefficient (Wildman–Crippen LogP) is -0.0595. The van der Waals surface area contributed by atoms with Crippen molar-refractivity contribution >= 4 is 23.2 Å². The first-order valence-corrected chi connectivity index (χ1v) is 8.10. The fourth-order valence-electron chi connectivity index (χ4n) is 2.10. The molecule has 0 aromatic carbocycles. The average molecular weight is 350 g/mol. The van der Waals surface area contributed by atoms with Gasteiger partial charge in [0.25, 0.3) is 17.4 Å². The zero-order chi connectivity index (χ0) is 17.9. The summed E-state index contributed by atoms with van der Waals surface area (Å²) in [5, 5.41) is 0. The highest BCUT2D eigenvalue weighted by Gasteiger charge is 2.13. The number of hydrogen-bond acceptors (Lipinski definition) is 5. The molecule has 2 aromatic heterocycles. The molecule has 0 aliphatic heterocycles. The van der Waals surface area contributed by atoms with E-state index >= 15 is 0 Å². The van der Waals surface area contributed by atoms with Crippen LogP contribution in [0.3, 0.4) is 0 Å². The van der Waals surface area contributed by atoms with Gasteiger partial charge in [0.2, 0.25) is 0 Å². The van der Waals surface area contributed by atoms with Crippen molar-refractivity contribution in [3.63, 3.8) is 0 Å². The lowest BCUT2D eigenvalue weighted by molar-refractivity contribution is -0.122. The number of aromatic nitrogens is 2. The Morgan fingerprint density at radius 1 is 1.25 bits per heavy atom. The summed E-state index contributed by atoms with van der Waals surface area (Å²) >= 11 is 1.37. The van der Waals surface area contributed by atoms with E-state index in [2.05, 4.69) is 10.9 Å². The van der Waals surface area contributed by atoms with Crippen LogP contribution >= 0.6 is 11.3 Å². The van der Waals surface area contributed by atoms with E-state index in [-0.39, 0.29) is 6.54 Å². The number of carbonyl (C=O) groups excluding carboxylic acids is 2. The molecule has 0 spiro atoms. The maximum Gasteiger partial charge on any atom is 0.331 e. The van der Waals surface area contributed by atoms with Gasteiger partial charge >= 0.3 is 5.69 Å². The van der Waals surface area contributed by atoms with Gasteiger partial charge in [-0.1, -0.05) is 6.92 Å². The van der Waals surface area contributed by atoms with Crippen LogP contribution in [-0.2, 0) is 24.8 Å². The Balaban J connectivity index is 1.98. The first-order valence-electron chi connectivity index (χ1n) is 7.28. The van der Waals surface area contributed by atoms with E-state index in [4.69, 9.17) is 0 Å². The Morgan fingerprint density at radius 2 is 1.96 bits per heavy atom. The first kappa shape index (κ1) is 17.7. The highest BCUT2D eigenvalue weighted by atomic mass is 32.1. The van der Waals surface area contributed by atoms with Crippen LogP contribution in [0.1, 0.15) is 27.0 Å². The third-order valence-electron chi connectivity index (χ3n) is 3.46. The fourth-order valence-corrected chi connectivity index (χ4v) is 3.11. The van der Waals surface area contributed by atoms with Gasteiger partial charge < -0.3 is 0 Å². The van der Waals surface area contributed by atoms with E-state index in [1.807, 2.05) is 13.8 Å². The molecule has 0 atom stereocenters. The Hall–Kier alpha value is -2.68. The van der Waals surface area contributed by atoms with Crippen LogP contribution in [0.5, 0.6) is 0 Å². The molecule has 0 aliphatic carbocycles. The van der Waals surface area contributed by atoms with Crippen molar-refractivity contribution in [3.05, 3.63) is 54.5 Å². The molecule has 24 heavy (non-hydrogen) atoms. The van der Waals surface area contributed by atoms with Gasteiger partial charge in [-0.3, -0.25) is 34.4 Å². The summed E-state index contributed by atoms with van der Waals surface area (Å²) in [5.74, 6) is -0.989. The fraction of sp³-hybridized carbons (Fsp3) is 0.333. The second-order valence-electron chi connectivity index (χ2n) is 5.20. The van der Waals surface area contributed by atoms with Gasteiger partial charge in [0.15, 0.2) is 0 Å². The molecule has 2 aromatic rings. The highest BCUT2D eigenvalue weighted by molar-refractivity contribution is 7.14. The van der Waals surface area contributed by atoms with E-state index in [1.165, 1.54) is 30.6 Å². The van der Waals surface area contributed by atoms with Gasteiger partial charge in [-0.05, 0) is 25.0 Å². The molecule has 2 N–H and O–H groups in total. The summed E-state index contributed by atoms with van der Waals surface area (Å²) < 4.78 is 1.97. The summed E-state index contributed by atoms with van der Waals surface area (Å²) in [4.78, 5) is 48.6. The lowest BCUT2D eigenvalue weighted by atomic mass is 10.2.